The van der Waals surface area contributed by atoms with Crippen molar-refractivity contribution in [2.75, 3.05) is 18.4 Å². The summed E-state index contributed by atoms with van der Waals surface area (Å²) in [5, 5.41) is 9.43. The van der Waals surface area contributed by atoms with Gasteiger partial charge in [-0.1, -0.05) is 15.9 Å². The van der Waals surface area contributed by atoms with E-state index in [2.05, 4.69) is 15.9 Å². The Kier molecular flexibility index (Phi) is 4.38. The molecule has 0 aromatic heterocycles. The highest BCUT2D eigenvalue weighted by atomic mass is 79.9. The Morgan fingerprint density at radius 1 is 1.36 bits per heavy atom. The van der Waals surface area contributed by atoms with Crippen molar-refractivity contribution in [3.8, 4) is 0 Å². The second kappa shape index (κ2) is 5.34. The van der Waals surface area contributed by atoms with E-state index in [0.717, 1.165) is 0 Å². The Morgan fingerprint density at radius 2 is 1.93 bits per heavy atom. The second-order valence-corrected chi connectivity index (χ2v) is 4.23. The average Bonchev–Trinajstić information content (AvgIpc) is 2.18. The molecule has 0 aliphatic carbocycles. The maximum Gasteiger partial charge on any atom is 0.306 e. The summed E-state index contributed by atoms with van der Waals surface area (Å²) in [6, 6.07) is 0. The van der Waals surface area contributed by atoms with Gasteiger partial charge in [0.15, 0.2) is 0 Å². The highest BCUT2D eigenvalue weighted by Crippen LogP contribution is 2.17. The van der Waals surface area contributed by atoms with E-state index in [1.54, 1.807) is 4.90 Å². The van der Waals surface area contributed by atoms with Crippen LogP contribution in [0.1, 0.15) is 19.3 Å². The van der Waals surface area contributed by atoms with Gasteiger partial charge in [-0.3, -0.25) is 9.59 Å². The molecule has 0 atom stereocenters. The van der Waals surface area contributed by atoms with Gasteiger partial charge in [-0.05, 0) is 12.8 Å². The topological polar surface area (TPSA) is 57.6 Å². The number of carboxylic acids is 1. The van der Waals surface area contributed by atoms with E-state index in [0.29, 0.717) is 37.7 Å². The SMILES string of the molecule is O=C(O)C1CCN(C(=O)CCBr)CC1. The number of amides is 1. The predicted octanol–water partition coefficient (Wildman–Crippen LogP) is 1.09. The Labute approximate surface area is 91.4 Å². The number of hydrogen-bond acceptors (Lipinski definition) is 2. The maximum absolute atomic E-state index is 11.4. The average molecular weight is 264 g/mol. The van der Waals surface area contributed by atoms with Crippen LogP contribution in [0.15, 0.2) is 0 Å². The first kappa shape index (κ1) is 11.5. The molecule has 14 heavy (non-hydrogen) atoms. The highest BCUT2D eigenvalue weighted by Gasteiger charge is 2.26. The fourth-order valence-electron chi connectivity index (χ4n) is 1.61. The lowest BCUT2D eigenvalue weighted by atomic mass is 9.97. The normalized spacial score (nSPS) is 18.2. The van der Waals surface area contributed by atoms with Crippen molar-refractivity contribution in [2.24, 2.45) is 5.92 Å². The molecule has 0 aromatic rings. The number of halogens is 1. The number of likely N-dealkylation sites (tertiary alicyclic amines) is 1. The summed E-state index contributed by atoms with van der Waals surface area (Å²) >= 11 is 3.21. The Bertz CT molecular complexity index is 224. The molecule has 4 nitrogen and oxygen atoms in total. The van der Waals surface area contributed by atoms with Crippen LogP contribution in [0.3, 0.4) is 0 Å². The summed E-state index contributed by atoms with van der Waals surface area (Å²) < 4.78 is 0. The second-order valence-electron chi connectivity index (χ2n) is 3.43. The van der Waals surface area contributed by atoms with Gasteiger partial charge in [0.2, 0.25) is 5.91 Å². The van der Waals surface area contributed by atoms with Crippen LogP contribution in [0.4, 0.5) is 0 Å². The third kappa shape index (κ3) is 2.97. The minimum absolute atomic E-state index is 0.116. The van der Waals surface area contributed by atoms with Crippen molar-refractivity contribution >= 4 is 27.8 Å². The van der Waals surface area contributed by atoms with E-state index >= 15 is 0 Å². The first-order chi connectivity index (χ1) is 6.65. The first-order valence-electron chi connectivity index (χ1n) is 4.71. The summed E-state index contributed by atoms with van der Waals surface area (Å²) in [6.45, 7) is 1.17. The molecule has 0 bridgehead atoms. The number of carboxylic acid groups (broad SMARTS) is 1. The predicted molar refractivity (Wildman–Crippen MR) is 55.4 cm³/mol. The molecule has 1 saturated heterocycles. The molecule has 0 radical (unpaired) electrons. The lowest BCUT2D eigenvalue weighted by Crippen LogP contribution is -2.40. The molecule has 1 rings (SSSR count). The summed E-state index contributed by atoms with van der Waals surface area (Å²) in [5.74, 6) is -0.883. The summed E-state index contributed by atoms with van der Waals surface area (Å²) in [5.41, 5.74) is 0. The van der Waals surface area contributed by atoms with Crippen LogP contribution in [0.2, 0.25) is 0 Å². The number of carbonyl (C=O) groups is 2. The van der Waals surface area contributed by atoms with Gasteiger partial charge in [0, 0.05) is 24.8 Å². The van der Waals surface area contributed by atoms with E-state index in [1.807, 2.05) is 0 Å². The maximum atomic E-state index is 11.4. The van der Waals surface area contributed by atoms with Crippen molar-refractivity contribution in [1.29, 1.82) is 0 Å². The number of hydrogen-bond donors (Lipinski definition) is 1. The molecule has 1 aliphatic rings. The zero-order valence-electron chi connectivity index (χ0n) is 7.91. The third-order valence-corrected chi connectivity index (χ3v) is 2.90. The molecule has 5 heteroatoms. The molecule has 0 aromatic carbocycles. The first-order valence-corrected chi connectivity index (χ1v) is 5.84. The molecule has 80 valence electrons. The molecule has 0 saturated carbocycles. The van der Waals surface area contributed by atoms with Crippen molar-refractivity contribution in [1.82, 2.24) is 4.90 Å². The Hall–Kier alpha value is -0.580. The monoisotopic (exact) mass is 263 g/mol. The number of aliphatic carboxylic acids is 1. The van der Waals surface area contributed by atoms with Gasteiger partial charge in [-0.2, -0.15) is 0 Å². The summed E-state index contributed by atoms with van der Waals surface area (Å²) in [6.07, 6.45) is 1.67. The van der Waals surface area contributed by atoms with Gasteiger partial charge in [0.1, 0.15) is 0 Å². The van der Waals surface area contributed by atoms with E-state index in [4.69, 9.17) is 5.11 Å². The summed E-state index contributed by atoms with van der Waals surface area (Å²) in [4.78, 5) is 23.8. The van der Waals surface area contributed by atoms with Crippen LogP contribution < -0.4 is 0 Å². The van der Waals surface area contributed by atoms with Gasteiger partial charge in [0.25, 0.3) is 0 Å². The summed E-state index contributed by atoms with van der Waals surface area (Å²) in [7, 11) is 0. The van der Waals surface area contributed by atoms with Gasteiger partial charge < -0.3 is 10.0 Å². The molecule has 1 amide bonds. The van der Waals surface area contributed by atoms with Gasteiger partial charge in [-0.15, -0.1) is 0 Å². The van der Waals surface area contributed by atoms with Crippen LogP contribution >= 0.6 is 15.9 Å². The van der Waals surface area contributed by atoms with Gasteiger partial charge in [0.05, 0.1) is 5.92 Å². The van der Waals surface area contributed by atoms with E-state index < -0.39 is 5.97 Å². The number of piperidine rings is 1. The van der Waals surface area contributed by atoms with Crippen LogP contribution in [-0.4, -0.2) is 40.3 Å². The molecular weight excluding hydrogens is 250 g/mol. The number of nitrogens with zero attached hydrogens (tertiary/aromatic N) is 1. The highest BCUT2D eigenvalue weighted by molar-refractivity contribution is 9.09. The molecule has 1 aliphatic heterocycles. The van der Waals surface area contributed by atoms with Crippen molar-refractivity contribution in [3.05, 3.63) is 0 Å². The molecule has 0 spiro atoms. The van der Waals surface area contributed by atoms with Gasteiger partial charge >= 0.3 is 5.97 Å². The third-order valence-electron chi connectivity index (χ3n) is 2.51. The molecule has 1 heterocycles. The molecule has 1 N–H and O–H groups in total. The number of rotatable bonds is 3. The Morgan fingerprint density at radius 3 is 2.36 bits per heavy atom. The van der Waals surface area contributed by atoms with Crippen LogP contribution in [-0.2, 0) is 9.59 Å². The lowest BCUT2D eigenvalue weighted by Gasteiger charge is -2.30. The quantitative estimate of drug-likeness (QED) is 0.776. The van der Waals surface area contributed by atoms with Gasteiger partial charge in [-0.25, -0.2) is 0 Å². The van der Waals surface area contributed by atoms with Crippen LogP contribution in [0.5, 0.6) is 0 Å². The van der Waals surface area contributed by atoms with E-state index in [1.165, 1.54) is 0 Å². The molecule has 1 fully saturated rings. The van der Waals surface area contributed by atoms with E-state index in [9.17, 15) is 9.59 Å². The zero-order chi connectivity index (χ0) is 10.6. The molecule has 0 unspecified atom stereocenters. The fraction of sp³-hybridized carbons (Fsp3) is 0.778. The van der Waals surface area contributed by atoms with Crippen LogP contribution in [0, 0.1) is 5.92 Å². The number of carbonyl (C=O) groups excluding carboxylic acids is 1. The van der Waals surface area contributed by atoms with Crippen molar-refractivity contribution in [3.63, 3.8) is 0 Å². The smallest absolute Gasteiger partial charge is 0.306 e. The standard InChI is InChI=1S/C9H14BrNO3/c10-4-1-8(12)11-5-2-7(3-6-11)9(13)14/h7H,1-6H2,(H,13,14). The van der Waals surface area contributed by atoms with Crippen LogP contribution in [0.25, 0.3) is 0 Å². The zero-order valence-corrected chi connectivity index (χ0v) is 9.49. The van der Waals surface area contributed by atoms with Crippen molar-refractivity contribution in [2.45, 2.75) is 19.3 Å². The largest absolute Gasteiger partial charge is 0.481 e. The molecular formula is C9H14BrNO3. The Balaban J connectivity index is 2.35. The fourth-order valence-corrected chi connectivity index (χ4v) is 1.95. The number of alkyl halides is 1. The van der Waals surface area contributed by atoms with E-state index in [-0.39, 0.29) is 11.8 Å². The minimum Gasteiger partial charge on any atom is -0.481 e. The van der Waals surface area contributed by atoms with Crippen molar-refractivity contribution < 1.29 is 14.7 Å². The minimum atomic E-state index is -0.738. The lowest BCUT2D eigenvalue weighted by molar-refractivity contribution is -0.145.